The third-order valence-electron chi connectivity index (χ3n) is 2.72. The lowest BCUT2D eigenvalue weighted by atomic mass is 10.1. The summed E-state index contributed by atoms with van der Waals surface area (Å²) < 4.78 is 1.41. The van der Waals surface area contributed by atoms with Crippen molar-refractivity contribution in [2.24, 2.45) is 0 Å². The second kappa shape index (κ2) is 3.93. The molecular formula is C12H12N2O3. The van der Waals surface area contributed by atoms with E-state index < -0.39 is 11.5 Å². The van der Waals surface area contributed by atoms with E-state index in [1.165, 1.54) is 10.9 Å². The van der Waals surface area contributed by atoms with E-state index in [9.17, 15) is 9.59 Å². The van der Waals surface area contributed by atoms with Crippen molar-refractivity contribution in [1.82, 2.24) is 9.78 Å². The lowest BCUT2D eigenvalue weighted by Gasteiger charge is -2.05. The van der Waals surface area contributed by atoms with Crippen LogP contribution in [0.3, 0.4) is 0 Å². The van der Waals surface area contributed by atoms with E-state index >= 15 is 0 Å². The zero-order valence-corrected chi connectivity index (χ0v) is 9.52. The fourth-order valence-corrected chi connectivity index (χ4v) is 1.56. The SMILES string of the molecule is Cc1ccc(-n2cc(C(=O)O)c(=O)[nH]2)cc1C. The number of aryl methyl sites for hydroxylation is 2. The second-order valence-electron chi connectivity index (χ2n) is 3.93. The normalized spacial score (nSPS) is 10.5. The van der Waals surface area contributed by atoms with E-state index in [0.717, 1.165) is 16.8 Å². The Kier molecular flexibility index (Phi) is 2.59. The van der Waals surface area contributed by atoms with Gasteiger partial charge in [0, 0.05) is 6.20 Å². The molecule has 0 saturated carbocycles. The number of aromatic nitrogens is 2. The monoisotopic (exact) mass is 232 g/mol. The number of benzene rings is 1. The number of aromatic amines is 1. The van der Waals surface area contributed by atoms with Gasteiger partial charge in [-0.2, -0.15) is 0 Å². The van der Waals surface area contributed by atoms with Gasteiger partial charge in [0.2, 0.25) is 0 Å². The largest absolute Gasteiger partial charge is 0.477 e. The molecule has 0 radical (unpaired) electrons. The predicted octanol–water partition coefficient (Wildman–Crippen LogP) is 1.48. The van der Waals surface area contributed by atoms with E-state index in [1.54, 1.807) is 0 Å². The van der Waals surface area contributed by atoms with Crippen LogP contribution < -0.4 is 5.56 Å². The fraction of sp³-hybridized carbons (Fsp3) is 0.167. The van der Waals surface area contributed by atoms with E-state index in [0.29, 0.717) is 0 Å². The van der Waals surface area contributed by atoms with Crippen molar-refractivity contribution in [3.63, 3.8) is 0 Å². The maximum atomic E-state index is 11.3. The minimum absolute atomic E-state index is 0.261. The fourth-order valence-electron chi connectivity index (χ4n) is 1.56. The van der Waals surface area contributed by atoms with Gasteiger partial charge in [0.05, 0.1) is 5.69 Å². The van der Waals surface area contributed by atoms with Crippen molar-refractivity contribution in [1.29, 1.82) is 0 Å². The van der Waals surface area contributed by atoms with E-state index in [4.69, 9.17) is 5.11 Å². The summed E-state index contributed by atoms with van der Waals surface area (Å²) in [7, 11) is 0. The van der Waals surface area contributed by atoms with Gasteiger partial charge < -0.3 is 5.11 Å². The molecule has 1 aromatic heterocycles. The predicted molar refractivity (Wildman–Crippen MR) is 62.8 cm³/mol. The maximum Gasteiger partial charge on any atom is 0.342 e. The molecule has 5 nitrogen and oxygen atoms in total. The van der Waals surface area contributed by atoms with Gasteiger partial charge in [-0.15, -0.1) is 0 Å². The second-order valence-corrected chi connectivity index (χ2v) is 3.93. The number of carboxylic acid groups (broad SMARTS) is 1. The number of hydrogen-bond donors (Lipinski definition) is 2. The number of hydrogen-bond acceptors (Lipinski definition) is 2. The summed E-state index contributed by atoms with van der Waals surface area (Å²) in [6.45, 7) is 3.94. The molecule has 0 unspecified atom stereocenters. The number of aromatic carboxylic acids is 1. The molecule has 1 aromatic carbocycles. The van der Waals surface area contributed by atoms with Crippen molar-refractivity contribution in [2.75, 3.05) is 0 Å². The van der Waals surface area contributed by atoms with Gasteiger partial charge in [-0.25, -0.2) is 4.79 Å². The van der Waals surface area contributed by atoms with Crippen LogP contribution in [0.5, 0.6) is 0 Å². The summed E-state index contributed by atoms with van der Waals surface area (Å²) in [5.74, 6) is -1.23. The number of rotatable bonds is 2. The van der Waals surface area contributed by atoms with E-state index in [2.05, 4.69) is 5.10 Å². The van der Waals surface area contributed by atoms with Gasteiger partial charge in [0.15, 0.2) is 0 Å². The molecule has 2 aromatic rings. The molecule has 1 heterocycles. The number of nitrogens with zero attached hydrogens (tertiary/aromatic N) is 1. The third kappa shape index (κ3) is 1.99. The smallest absolute Gasteiger partial charge is 0.342 e. The molecule has 0 aliphatic rings. The third-order valence-corrected chi connectivity index (χ3v) is 2.72. The summed E-state index contributed by atoms with van der Waals surface area (Å²) in [4.78, 5) is 22.1. The highest BCUT2D eigenvalue weighted by Crippen LogP contribution is 2.12. The Morgan fingerprint density at radius 1 is 1.29 bits per heavy atom. The molecule has 0 fully saturated rings. The van der Waals surface area contributed by atoms with Crippen LogP contribution in [0.15, 0.2) is 29.2 Å². The topological polar surface area (TPSA) is 75.1 Å². The highest BCUT2D eigenvalue weighted by Gasteiger charge is 2.12. The van der Waals surface area contributed by atoms with Gasteiger partial charge in [0.1, 0.15) is 5.56 Å². The highest BCUT2D eigenvalue weighted by atomic mass is 16.4. The number of H-pyrrole nitrogens is 1. The lowest BCUT2D eigenvalue weighted by molar-refractivity contribution is 0.0695. The molecule has 0 aliphatic carbocycles. The first-order valence-electron chi connectivity index (χ1n) is 5.11. The van der Waals surface area contributed by atoms with Crippen LogP contribution in [0.25, 0.3) is 5.69 Å². The van der Waals surface area contributed by atoms with Gasteiger partial charge in [-0.05, 0) is 37.1 Å². The zero-order chi connectivity index (χ0) is 12.6. The van der Waals surface area contributed by atoms with Gasteiger partial charge in [-0.1, -0.05) is 6.07 Å². The molecule has 0 spiro atoms. The summed E-state index contributed by atoms with van der Waals surface area (Å²) in [6.07, 6.45) is 1.29. The standard InChI is InChI=1S/C12H12N2O3/c1-7-3-4-9(5-8(7)2)14-6-10(12(16)17)11(15)13-14/h3-6H,1-2H3,(H,13,15)(H,16,17). The molecule has 0 aliphatic heterocycles. The molecule has 0 atom stereocenters. The first-order valence-corrected chi connectivity index (χ1v) is 5.11. The highest BCUT2D eigenvalue weighted by molar-refractivity contribution is 5.86. The van der Waals surface area contributed by atoms with Crippen LogP contribution in [0, 0.1) is 13.8 Å². The number of carbonyl (C=O) groups is 1. The molecule has 88 valence electrons. The zero-order valence-electron chi connectivity index (χ0n) is 9.52. The van der Waals surface area contributed by atoms with Crippen molar-refractivity contribution >= 4 is 5.97 Å². The Labute approximate surface area is 97.3 Å². The van der Waals surface area contributed by atoms with Gasteiger partial charge >= 0.3 is 5.97 Å². The number of carboxylic acids is 1. The maximum absolute atomic E-state index is 11.3. The first kappa shape index (κ1) is 11.2. The van der Waals surface area contributed by atoms with Crippen LogP contribution in [-0.2, 0) is 0 Å². The molecule has 2 rings (SSSR count). The molecule has 0 bridgehead atoms. The lowest BCUT2D eigenvalue weighted by Crippen LogP contribution is -2.11. The Morgan fingerprint density at radius 3 is 2.53 bits per heavy atom. The Morgan fingerprint density at radius 2 is 2.00 bits per heavy atom. The Bertz CT molecular complexity index is 637. The van der Waals surface area contributed by atoms with Crippen LogP contribution in [-0.4, -0.2) is 20.9 Å². The molecule has 5 heteroatoms. The molecule has 0 saturated heterocycles. The molecule has 0 amide bonds. The van der Waals surface area contributed by atoms with Crippen LogP contribution in [0.4, 0.5) is 0 Å². The summed E-state index contributed by atoms with van der Waals surface area (Å²) >= 11 is 0. The molecule has 2 N–H and O–H groups in total. The number of nitrogens with one attached hydrogen (secondary N) is 1. The quantitative estimate of drug-likeness (QED) is 0.823. The summed E-state index contributed by atoms with van der Waals surface area (Å²) in [6, 6.07) is 5.63. The van der Waals surface area contributed by atoms with Crippen molar-refractivity contribution in [3.05, 3.63) is 51.4 Å². The minimum atomic E-state index is -1.23. The van der Waals surface area contributed by atoms with Crippen LogP contribution >= 0.6 is 0 Å². The van der Waals surface area contributed by atoms with E-state index in [-0.39, 0.29) is 5.56 Å². The average Bonchev–Trinajstić information content (AvgIpc) is 2.64. The average molecular weight is 232 g/mol. The van der Waals surface area contributed by atoms with Crippen LogP contribution in [0.2, 0.25) is 0 Å². The minimum Gasteiger partial charge on any atom is -0.477 e. The van der Waals surface area contributed by atoms with E-state index in [1.807, 2.05) is 32.0 Å². The van der Waals surface area contributed by atoms with Gasteiger partial charge in [0.25, 0.3) is 5.56 Å². The van der Waals surface area contributed by atoms with Gasteiger partial charge in [-0.3, -0.25) is 14.6 Å². The molecular weight excluding hydrogens is 220 g/mol. The first-order chi connectivity index (χ1) is 7.99. The molecule has 17 heavy (non-hydrogen) atoms. The van der Waals surface area contributed by atoms with Crippen LogP contribution in [0.1, 0.15) is 21.5 Å². The summed E-state index contributed by atoms with van der Waals surface area (Å²) in [5.41, 5.74) is 2.09. The van der Waals surface area contributed by atoms with Crippen molar-refractivity contribution < 1.29 is 9.90 Å². The van der Waals surface area contributed by atoms with Crippen molar-refractivity contribution in [2.45, 2.75) is 13.8 Å². The summed E-state index contributed by atoms with van der Waals surface area (Å²) in [5, 5.41) is 11.3. The Balaban J connectivity index is 2.54. The van der Waals surface area contributed by atoms with Crippen molar-refractivity contribution in [3.8, 4) is 5.69 Å². The Hall–Kier alpha value is -2.30.